The molecule has 1 amide bonds. The first kappa shape index (κ1) is 17.7. The van der Waals surface area contributed by atoms with Gasteiger partial charge < -0.3 is 9.64 Å². The standard InChI is InChI=1S/C20H27N3O2/c1-14(2)20(24)22-10-11-25-13-18(22)19-15(3)21-23(16(19)4)12-17-8-6-5-7-9-17/h5-9,14,18H,10-13H2,1-4H3/t18-/m0/s1. The van der Waals surface area contributed by atoms with Crippen LogP contribution in [0.3, 0.4) is 0 Å². The zero-order valence-corrected chi connectivity index (χ0v) is 15.5. The minimum Gasteiger partial charge on any atom is -0.377 e. The fraction of sp³-hybridized carbons (Fsp3) is 0.500. The van der Waals surface area contributed by atoms with Crippen LogP contribution in [0.2, 0.25) is 0 Å². The smallest absolute Gasteiger partial charge is 0.225 e. The van der Waals surface area contributed by atoms with Gasteiger partial charge in [0.2, 0.25) is 5.91 Å². The molecule has 25 heavy (non-hydrogen) atoms. The first-order valence-electron chi connectivity index (χ1n) is 8.95. The number of ether oxygens (including phenoxy) is 1. The first-order valence-corrected chi connectivity index (χ1v) is 8.95. The van der Waals surface area contributed by atoms with E-state index in [2.05, 4.69) is 19.1 Å². The van der Waals surface area contributed by atoms with Crippen LogP contribution in [0.5, 0.6) is 0 Å². The lowest BCUT2D eigenvalue weighted by Crippen LogP contribution is -2.45. The van der Waals surface area contributed by atoms with E-state index in [0.717, 1.165) is 23.5 Å². The highest BCUT2D eigenvalue weighted by atomic mass is 16.5. The minimum absolute atomic E-state index is 0.0134. The number of hydrogen-bond donors (Lipinski definition) is 0. The van der Waals surface area contributed by atoms with Crippen LogP contribution in [-0.2, 0) is 16.1 Å². The maximum atomic E-state index is 12.6. The second-order valence-corrected chi connectivity index (χ2v) is 7.00. The number of benzene rings is 1. The Morgan fingerprint density at radius 3 is 2.68 bits per heavy atom. The maximum absolute atomic E-state index is 12.6. The van der Waals surface area contributed by atoms with E-state index in [1.165, 1.54) is 5.56 Å². The lowest BCUT2D eigenvalue weighted by molar-refractivity contribution is -0.143. The molecule has 0 aliphatic carbocycles. The SMILES string of the molecule is Cc1nn(Cc2ccccc2)c(C)c1[C@@H]1COCCN1C(=O)C(C)C. The largest absolute Gasteiger partial charge is 0.377 e. The van der Waals surface area contributed by atoms with Gasteiger partial charge in [-0.3, -0.25) is 9.48 Å². The average molecular weight is 341 g/mol. The predicted molar refractivity (Wildman–Crippen MR) is 97.4 cm³/mol. The molecule has 134 valence electrons. The van der Waals surface area contributed by atoms with Crippen molar-refractivity contribution >= 4 is 5.91 Å². The Morgan fingerprint density at radius 1 is 1.28 bits per heavy atom. The highest BCUT2D eigenvalue weighted by Gasteiger charge is 2.33. The van der Waals surface area contributed by atoms with Crippen LogP contribution < -0.4 is 0 Å². The Bertz CT molecular complexity index is 737. The second-order valence-electron chi connectivity index (χ2n) is 7.00. The normalized spacial score (nSPS) is 18.0. The van der Waals surface area contributed by atoms with Gasteiger partial charge in [-0.05, 0) is 19.4 Å². The van der Waals surface area contributed by atoms with Gasteiger partial charge >= 0.3 is 0 Å². The first-order chi connectivity index (χ1) is 12.0. The van der Waals surface area contributed by atoms with Crippen molar-refractivity contribution in [2.75, 3.05) is 19.8 Å². The van der Waals surface area contributed by atoms with E-state index in [9.17, 15) is 4.79 Å². The molecule has 0 radical (unpaired) electrons. The highest BCUT2D eigenvalue weighted by molar-refractivity contribution is 5.78. The van der Waals surface area contributed by atoms with Gasteiger partial charge in [0, 0.05) is 23.7 Å². The number of amides is 1. The van der Waals surface area contributed by atoms with Gasteiger partial charge in [-0.25, -0.2) is 0 Å². The molecule has 0 bridgehead atoms. The lowest BCUT2D eigenvalue weighted by Gasteiger charge is -2.37. The van der Waals surface area contributed by atoms with Crippen molar-refractivity contribution in [1.29, 1.82) is 0 Å². The molecule has 0 N–H and O–H groups in total. The molecule has 1 fully saturated rings. The lowest BCUT2D eigenvalue weighted by atomic mass is 10.0. The molecule has 0 unspecified atom stereocenters. The van der Waals surface area contributed by atoms with Crippen LogP contribution in [0.25, 0.3) is 0 Å². The molecule has 1 aliphatic rings. The molecule has 0 saturated carbocycles. The minimum atomic E-state index is -0.0480. The summed E-state index contributed by atoms with van der Waals surface area (Å²) in [6, 6.07) is 10.3. The summed E-state index contributed by atoms with van der Waals surface area (Å²) in [5.74, 6) is 0.170. The fourth-order valence-corrected chi connectivity index (χ4v) is 3.54. The number of carbonyl (C=O) groups excluding carboxylic acids is 1. The van der Waals surface area contributed by atoms with E-state index in [-0.39, 0.29) is 17.9 Å². The van der Waals surface area contributed by atoms with Gasteiger partial charge in [0.15, 0.2) is 0 Å². The molecule has 2 heterocycles. The number of aryl methyl sites for hydroxylation is 1. The number of morpholine rings is 1. The van der Waals surface area contributed by atoms with Crippen molar-refractivity contribution in [3.8, 4) is 0 Å². The van der Waals surface area contributed by atoms with Crippen molar-refractivity contribution in [1.82, 2.24) is 14.7 Å². The third-order valence-electron chi connectivity index (χ3n) is 4.85. The van der Waals surface area contributed by atoms with E-state index in [4.69, 9.17) is 9.84 Å². The Labute approximate surface area is 149 Å². The van der Waals surface area contributed by atoms with Gasteiger partial charge in [0.05, 0.1) is 31.5 Å². The fourth-order valence-electron chi connectivity index (χ4n) is 3.54. The second kappa shape index (κ2) is 7.40. The van der Waals surface area contributed by atoms with E-state index < -0.39 is 0 Å². The Balaban J connectivity index is 1.92. The van der Waals surface area contributed by atoms with Crippen LogP contribution >= 0.6 is 0 Å². The number of nitrogens with zero attached hydrogens (tertiary/aromatic N) is 3. The highest BCUT2D eigenvalue weighted by Crippen LogP contribution is 2.30. The van der Waals surface area contributed by atoms with Crippen LogP contribution in [0.4, 0.5) is 0 Å². The average Bonchev–Trinajstić information content (AvgIpc) is 2.88. The summed E-state index contributed by atoms with van der Waals surface area (Å²) in [5, 5.41) is 4.74. The monoisotopic (exact) mass is 341 g/mol. The molecular formula is C20H27N3O2. The van der Waals surface area contributed by atoms with Crippen molar-refractivity contribution < 1.29 is 9.53 Å². The third-order valence-corrected chi connectivity index (χ3v) is 4.85. The Hall–Kier alpha value is -2.14. The van der Waals surface area contributed by atoms with Crippen molar-refractivity contribution in [2.24, 2.45) is 5.92 Å². The van der Waals surface area contributed by atoms with Crippen LogP contribution in [0.15, 0.2) is 30.3 Å². The molecule has 3 rings (SSSR count). The summed E-state index contributed by atoms with van der Waals surface area (Å²) in [7, 11) is 0. The third kappa shape index (κ3) is 3.61. The van der Waals surface area contributed by atoms with E-state index in [0.29, 0.717) is 19.8 Å². The van der Waals surface area contributed by atoms with Gasteiger partial charge in [0.25, 0.3) is 0 Å². The summed E-state index contributed by atoms with van der Waals surface area (Å²) < 4.78 is 7.74. The van der Waals surface area contributed by atoms with Gasteiger partial charge in [0.1, 0.15) is 0 Å². The summed E-state index contributed by atoms with van der Waals surface area (Å²) >= 11 is 0. The Morgan fingerprint density at radius 2 is 2.00 bits per heavy atom. The number of rotatable bonds is 4. The van der Waals surface area contributed by atoms with Gasteiger partial charge in [-0.2, -0.15) is 5.10 Å². The summed E-state index contributed by atoms with van der Waals surface area (Å²) in [5.41, 5.74) is 4.43. The summed E-state index contributed by atoms with van der Waals surface area (Å²) in [4.78, 5) is 14.6. The molecule has 5 heteroatoms. The maximum Gasteiger partial charge on any atom is 0.225 e. The quantitative estimate of drug-likeness (QED) is 0.858. The van der Waals surface area contributed by atoms with Gasteiger partial charge in [-0.15, -0.1) is 0 Å². The molecule has 2 aromatic rings. The topological polar surface area (TPSA) is 47.4 Å². The van der Waals surface area contributed by atoms with E-state index >= 15 is 0 Å². The zero-order valence-electron chi connectivity index (χ0n) is 15.5. The molecule has 5 nitrogen and oxygen atoms in total. The molecule has 1 aromatic carbocycles. The number of aromatic nitrogens is 2. The summed E-state index contributed by atoms with van der Waals surface area (Å²) in [6.07, 6.45) is 0. The molecule has 1 aliphatic heterocycles. The van der Waals surface area contributed by atoms with Crippen LogP contribution in [-0.4, -0.2) is 40.3 Å². The molecular weight excluding hydrogens is 314 g/mol. The number of carbonyl (C=O) groups is 1. The Kier molecular flexibility index (Phi) is 5.23. The number of hydrogen-bond acceptors (Lipinski definition) is 3. The zero-order chi connectivity index (χ0) is 18.0. The predicted octanol–water partition coefficient (Wildman–Crippen LogP) is 3.10. The van der Waals surface area contributed by atoms with Gasteiger partial charge in [-0.1, -0.05) is 44.2 Å². The van der Waals surface area contributed by atoms with Crippen molar-refractivity contribution in [2.45, 2.75) is 40.3 Å². The molecule has 0 spiro atoms. The molecule has 1 atom stereocenters. The summed E-state index contributed by atoms with van der Waals surface area (Å²) in [6.45, 7) is 10.5. The van der Waals surface area contributed by atoms with Crippen molar-refractivity contribution in [3.05, 3.63) is 52.8 Å². The van der Waals surface area contributed by atoms with E-state index in [1.54, 1.807) is 0 Å². The molecule has 1 saturated heterocycles. The van der Waals surface area contributed by atoms with E-state index in [1.807, 2.05) is 48.6 Å². The molecule has 1 aromatic heterocycles. The van der Waals surface area contributed by atoms with Crippen LogP contribution in [0, 0.1) is 19.8 Å². The van der Waals surface area contributed by atoms with Crippen molar-refractivity contribution in [3.63, 3.8) is 0 Å². The van der Waals surface area contributed by atoms with Crippen LogP contribution in [0.1, 0.15) is 42.4 Å².